The van der Waals surface area contributed by atoms with Crippen molar-refractivity contribution in [1.82, 2.24) is 29.3 Å². The lowest BCUT2D eigenvalue weighted by molar-refractivity contribution is 0.0560. The molecule has 210 valence electrons. The highest BCUT2D eigenvalue weighted by molar-refractivity contribution is 5.92. The summed E-state index contributed by atoms with van der Waals surface area (Å²) in [6, 6.07) is 36.4. The van der Waals surface area contributed by atoms with Crippen molar-refractivity contribution in [3.63, 3.8) is 0 Å². The SMILES string of the molecule is O[C@@H](CN1CCN(C(c2ccccc2)c2ccccc2)CC1)Cn1cnc2c(-c3ccc4ccccc4c3)ncnc21. The molecule has 0 saturated carbocycles. The molecule has 0 spiro atoms. The highest BCUT2D eigenvalue weighted by Crippen LogP contribution is 2.30. The van der Waals surface area contributed by atoms with Crippen LogP contribution in [0.1, 0.15) is 17.2 Å². The summed E-state index contributed by atoms with van der Waals surface area (Å²) in [4.78, 5) is 18.7. The fourth-order valence-corrected chi connectivity index (χ4v) is 6.23. The van der Waals surface area contributed by atoms with Crippen LogP contribution in [0.25, 0.3) is 33.2 Å². The van der Waals surface area contributed by atoms with Crippen molar-refractivity contribution in [3.8, 4) is 11.3 Å². The van der Waals surface area contributed by atoms with E-state index in [2.05, 4.69) is 116 Å². The normalized spacial score (nSPS) is 15.5. The predicted molar refractivity (Wildman–Crippen MR) is 167 cm³/mol. The van der Waals surface area contributed by atoms with Gasteiger partial charge in [-0.05, 0) is 28.0 Å². The van der Waals surface area contributed by atoms with Gasteiger partial charge in [-0.25, -0.2) is 15.0 Å². The third-order valence-electron chi connectivity index (χ3n) is 8.30. The van der Waals surface area contributed by atoms with Crippen LogP contribution >= 0.6 is 0 Å². The topological polar surface area (TPSA) is 70.3 Å². The Kier molecular flexibility index (Phi) is 7.45. The minimum atomic E-state index is -0.535. The van der Waals surface area contributed by atoms with Gasteiger partial charge in [-0.2, -0.15) is 0 Å². The Morgan fingerprint density at radius 3 is 2.05 bits per heavy atom. The van der Waals surface area contributed by atoms with E-state index in [0.29, 0.717) is 13.1 Å². The molecule has 0 amide bonds. The van der Waals surface area contributed by atoms with Gasteiger partial charge in [-0.15, -0.1) is 0 Å². The summed E-state index contributed by atoms with van der Waals surface area (Å²) in [5.41, 5.74) is 5.94. The number of nitrogens with zero attached hydrogens (tertiary/aromatic N) is 6. The molecule has 0 unspecified atom stereocenters. The van der Waals surface area contributed by atoms with Crippen LogP contribution in [0.15, 0.2) is 116 Å². The zero-order chi connectivity index (χ0) is 28.3. The van der Waals surface area contributed by atoms with Crippen LogP contribution in [0, 0.1) is 0 Å². The lowest BCUT2D eigenvalue weighted by atomic mass is 9.96. The quantitative estimate of drug-likeness (QED) is 0.271. The van der Waals surface area contributed by atoms with E-state index in [-0.39, 0.29) is 6.04 Å². The summed E-state index contributed by atoms with van der Waals surface area (Å²) in [7, 11) is 0. The summed E-state index contributed by atoms with van der Waals surface area (Å²) in [5, 5.41) is 13.5. The standard InChI is InChI=1S/C35H34N6O/c42-31(22-39-17-19-40(20-18-39)34(27-10-3-1-4-11-27)28-12-5-2-6-13-28)23-41-25-38-33-32(36-24-37-35(33)41)30-16-15-26-9-7-8-14-29(26)21-30/h1-16,21,24-25,31,34,42H,17-20,22-23H2/t31-/m0/s1. The van der Waals surface area contributed by atoms with Crippen LogP contribution in [0.3, 0.4) is 0 Å². The number of piperazine rings is 1. The van der Waals surface area contributed by atoms with Gasteiger partial charge in [-0.3, -0.25) is 9.80 Å². The average molecular weight is 555 g/mol. The first kappa shape index (κ1) is 26.5. The van der Waals surface area contributed by atoms with Gasteiger partial charge in [0.15, 0.2) is 5.65 Å². The van der Waals surface area contributed by atoms with E-state index in [1.165, 1.54) is 16.5 Å². The van der Waals surface area contributed by atoms with Crippen molar-refractivity contribution in [2.24, 2.45) is 0 Å². The molecule has 2 aromatic heterocycles. The Morgan fingerprint density at radius 2 is 1.33 bits per heavy atom. The van der Waals surface area contributed by atoms with Crippen molar-refractivity contribution in [3.05, 3.63) is 127 Å². The monoisotopic (exact) mass is 554 g/mol. The van der Waals surface area contributed by atoms with Gasteiger partial charge in [0.2, 0.25) is 0 Å². The molecule has 1 aliphatic heterocycles. The fraction of sp³-hybridized carbons (Fsp3) is 0.229. The minimum Gasteiger partial charge on any atom is -0.390 e. The molecule has 3 heterocycles. The maximum absolute atomic E-state index is 11.1. The van der Waals surface area contributed by atoms with E-state index in [0.717, 1.165) is 54.0 Å². The molecule has 42 heavy (non-hydrogen) atoms. The van der Waals surface area contributed by atoms with Gasteiger partial charge < -0.3 is 9.67 Å². The molecule has 1 atom stereocenters. The number of aliphatic hydroxyl groups is 1. The lowest BCUT2D eigenvalue weighted by Gasteiger charge is -2.40. The Morgan fingerprint density at radius 1 is 0.667 bits per heavy atom. The predicted octanol–water partition coefficient (Wildman–Crippen LogP) is 5.41. The van der Waals surface area contributed by atoms with Gasteiger partial charge in [0.25, 0.3) is 0 Å². The Hall–Kier alpha value is -4.43. The van der Waals surface area contributed by atoms with Crippen LogP contribution in [0.5, 0.6) is 0 Å². The van der Waals surface area contributed by atoms with Crippen molar-refractivity contribution < 1.29 is 5.11 Å². The average Bonchev–Trinajstić information content (AvgIpc) is 3.45. The van der Waals surface area contributed by atoms with E-state index in [9.17, 15) is 5.11 Å². The number of fused-ring (bicyclic) bond motifs is 2. The zero-order valence-corrected chi connectivity index (χ0v) is 23.5. The highest BCUT2D eigenvalue weighted by atomic mass is 16.3. The zero-order valence-electron chi connectivity index (χ0n) is 23.5. The van der Waals surface area contributed by atoms with E-state index in [1.807, 2.05) is 16.7 Å². The Labute approximate surface area is 245 Å². The molecule has 6 aromatic rings. The third-order valence-corrected chi connectivity index (χ3v) is 8.30. The first-order valence-electron chi connectivity index (χ1n) is 14.6. The van der Waals surface area contributed by atoms with E-state index < -0.39 is 6.10 Å². The lowest BCUT2D eigenvalue weighted by Crippen LogP contribution is -2.50. The van der Waals surface area contributed by atoms with E-state index in [4.69, 9.17) is 0 Å². The molecule has 0 bridgehead atoms. The first-order chi connectivity index (χ1) is 20.7. The smallest absolute Gasteiger partial charge is 0.163 e. The fourth-order valence-electron chi connectivity index (χ4n) is 6.23. The number of aromatic nitrogens is 4. The van der Waals surface area contributed by atoms with Crippen LogP contribution in [-0.4, -0.2) is 73.3 Å². The first-order valence-corrected chi connectivity index (χ1v) is 14.6. The number of hydrogen-bond acceptors (Lipinski definition) is 6. The molecule has 1 fully saturated rings. The molecule has 7 nitrogen and oxygen atoms in total. The van der Waals surface area contributed by atoms with E-state index in [1.54, 1.807) is 12.7 Å². The molecule has 4 aromatic carbocycles. The summed E-state index contributed by atoms with van der Waals surface area (Å²) in [5.74, 6) is 0. The number of aliphatic hydroxyl groups excluding tert-OH is 1. The molecular weight excluding hydrogens is 520 g/mol. The van der Waals surface area contributed by atoms with Gasteiger partial charge in [0.05, 0.1) is 25.0 Å². The number of rotatable bonds is 8. The Balaban J connectivity index is 1.02. The molecule has 1 N–H and O–H groups in total. The molecule has 1 saturated heterocycles. The van der Waals surface area contributed by atoms with Crippen LogP contribution in [0.4, 0.5) is 0 Å². The Bertz CT molecular complexity index is 1740. The molecular formula is C35H34N6O. The highest BCUT2D eigenvalue weighted by Gasteiger charge is 2.27. The maximum atomic E-state index is 11.1. The van der Waals surface area contributed by atoms with Gasteiger partial charge in [0, 0.05) is 38.3 Å². The van der Waals surface area contributed by atoms with Gasteiger partial charge in [-0.1, -0.05) is 97.1 Å². The number of β-amino-alcohol motifs (C(OH)–C–C–N with tert-alkyl or cyclic N) is 1. The van der Waals surface area contributed by atoms with Crippen molar-refractivity contribution in [1.29, 1.82) is 0 Å². The maximum Gasteiger partial charge on any atom is 0.163 e. The summed E-state index contributed by atoms with van der Waals surface area (Å²) in [6.45, 7) is 4.74. The second-order valence-electron chi connectivity index (χ2n) is 11.1. The number of benzene rings is 4. The van der Waals surface area contributed by atoms with Crippen molar-refractivity contribution in [2.75, 3.05) is 32.7 Å². The minimum absolute atomic E-state index is 0.230. The molecule has 1 aliphatic rings. The summed E-state index contributed by atoms with van der Waals surface area (Å²) in [6.07, 6.45) is 2.83. The largest absolute Gasteiger partial charge is 0.390 e. The van der Waals surface area contributed by atoms with Crippen LogP contribution < -0.4 is 0 Å². The summed E-state index contributed by atoms with van der Waals surface area (Å²) >= 11 is 0. The second kappa shape index (κ2) is 11.8. The molecule has 0 aliphatic carbocycles. The number of hydrogen-bond donors (Lipinski definition) is 1. The molecule has 7 rings (SSSR count). The second-order valence-corrected chi connectivity index (χ2v) is 11.1. The van der Waals surface area contributed by atoms with E-state index >= 15 is 0 Å². The van der Waals surface area contributed by atoms with Crippen molar-refractivity contribution in [2.45, 2.75) is 18.7 Å². The number of imidazole rings is 1. The third kappa shape index (κ3) is 5.42. The van der Waals surface area contributed by atoms with Gasteiger partial charge >= 0.3 is 0 Å². The van der Waals surface area contributed by atoms with Crippen molar-refractivity contribution >= 4 is 21.9 Å². The summed E-state index contributed by atoms with van der Waals surface area (Å²) < 4.78 is 1.95. The molecule has 0 radical (unpaired) electrons. The van der Waals surface area contributed by atoms with Gasteiger partial charge in [0.1, 0.15) is 17.5 Å². The van der Waals surface area contributed by atoms with Crippen LogP contribution in [-0.2, 0) is 6.54 Å². The molecule has 7 heteroatoms. The van der Waals surface area contributed by atoms with Crippen LogP contribution in [0.2, 0.25) is 0 Å².